The standard InChI is InChI=1S/C14H15N3OS/c1-9(13(15)19)14(18)17-8-11-5-2-4-10-6-3-7-16-12(10)11/h2-7,9H,8H2,1H3,(H2,15,19)(H,17,18). The summed E-state index contributed by atoms with van der Waals surface area (Å²) >= 11 is 4.81. The molecule has 0 aliphatic carbocycles. The van der Waals surface area contributed by atoms with Crippen LogP contribution in [0.25, 0.3) is 10.9 Å². The number of thiocarbonyl (C=S) groups is 1. The van der Waals surface area contributed by atoms with E-state index < -0.39 is 5.92 Å². The van der Waals surface area contributed by atoms with Gasteiger partial charge in [0.15, 0.2) is 0 Å². The van der Waals surface area contributed by atoms with Crippen LogP contribution >= 0.6 is 12.2 Å². The fourth-order valence-corrected chi connectivity index (χ4v) is 1.88. The molecule has 1 amide bonds. The summed E-state index contributed by atoms with van der Waals surface area (Å²) in [5, 5.41) is 3.88. The van der Waals surface area contributed by atoms with Gasteiger partial charge in [0.25, 0.3) is 0 Å². The minimum Gasteiger partial charge on any atom is -0.393 e. The van der Waals surface area contributed by atoms with Gasteiger partial charge in [-0.2, -0.15) is 0 Å². The highest BCUT2D eigenvalue weighted by molar-refractivity contribution is 7.80. The molecule has 2 aromatic rings. The molecule has 0 saturated heterocycles. The SMILES string of the molecule is CC(C(=O)NCc1cccc2cccnc12)C(N)=S. The van der Waals surface area contributed by atoms with Gasteiger partial charge in [-0.15, -0.1) is 0 Å². The summed E-state index contributed by atoms with van der Waals surface area (Å²) in [5.74, 6) is -0.627. The lowest BCUT2D eigenvalue weighted by atomic mass is 10.1. The highest BCUT2D eigenvalue weighted by Crippen LogP contribution is 2.15. The Bertz CT molecular complexity index is 622. The average Bonchev–Trinajstić information content (AvgIpc) is 2.43. The maximum Gasteiger partial charge on any atom is 0.229 e. The van der Waals surface area contributed by atoms with Gasteiger partial charge in [0.1, 0.15) is 0 Å². The van der Waals surface area contributed by atoms with E-state index in [-0.39, 0.29) is 10.9 Å². The van der Waals surface area contributed by atoms with Crippen LogP contribution in [0.15, 0.2) is 36.5 Å². The molecule has 5 heteroatoms. The van der Waals surface area contributed by atoms with Crippen molar-refractivity contribution in [2.24, 2.45) is 11.7 Å². The van der Waals surface area contributed by atoms with Gasteiger partial charge in [-0.3, -0.25) is 9.78 Å². The number of rotatable bonds is 4. The third kappa shape index (κ3) is 3.06. The van der Waals surface area contributed by atoms with Crippen LogP contribution in [-0.2, 0) is 11.3 Å². The number of benzene rings is 1. The molecule has 0 bridgehead atoms. The number of para-hydroxylation sites is 1. The molecule has 0 fully saturated rings. The minimum absolute atomic E-state index is 0.166. The summed E-state index contributed by atoms with van der Waals surface area (Å²) < 4.78 is 0. The molecular weight excluding hydrogens is 258 g/mol. The van der Waals surface area contributed by atoms with Gasteiger partial charge >= 0.3 is 0 Å². The van der Waals surface area contributed by atoms with Crippen molar-refractivity contribution in [3.05, 3.63) is 42.1 Å². The zero-order valence-corrected chi connectivity index (χ0v) is 11.4. The summed E-state index contributed by atoms with van der Waals surface area (Å²) in [7, 11) is 0. The molecular formula is C14H15N3OS. The number of nitrogens with one attached hydrogen (secondary N) is 1. The Labute approximate surface area is 117 Å². The van der Waals surface area contributed by atoms with Crippen molar-refractivity contribution < 1.29 is 4.79 Å². The van der Waals surface area contributed by atoms with Crippen LogP contribution in [0.2, 0.25) is 0 Å². The van der Waals surface area contributed by atoms with Gasteiger partial charge in [0.2, 0.25) is 5.91 Å². The Hall–Kier alpha value is -2.01. The molecule has 1 aromatic heterocycles. The van der Waals surface area contributed by atoms with Crippen molar-refractivity contribution in [2.75, 3.05) is 0 Å². The van der Waals surface area contributed by atoms with Crippen LogP contribution in [-0.4, -0.2) is 15.9 Å². The summed E-state index contributed by atoms with van der Waals surface area (Å²) in [6.07, 6.45) is 1.74. The first kappa shape index (κ1) is 13.4. The molecule has 19 heavy (non-hydrogen) atoms. The Morgan fingerprint density at radius 3 is 2.89 bits per heavy atom. The molecule has 98 valence electrons. The highest BCUT2D eigenvalue weighted by Gasteiger charge is 2.15. The molecule has 1 atom stereocenters. The predicted octanol–water partition coefficient (Wildman–Crippen LogP) is 1.77. The van der Waals surface area contributed by atoms with E-state index in [0.29, 0.717) is 6.54 Å². The second kappa shape index (κ2) is 5.75. The Kier molecular flexibility index (Phi) is 4.06. The number of hydrogen-bond acceptors (Lipinski definition) is 3. The summed E-state index contributed by atoms with van der Waals surface area (Å²) in [5.41, 5.74) is 7.32. The van der Waals surface area contributed by atoms with Crippen molar-refractivity contribution in [1.29, 1.82) is 0 Å². The van der Waals surface area contributed by atoms with Gasteiger partial charge < -0.3 is 11.1 Å². The second-order valence-electron chi connectivity index (χ2n) is 4.33. The largest absolute Gasteiger partial charge is 0.393 e. The van der Waals surface area contributed by atoms with Crippen LogP contribution in [0.4, 0.5) is 0 Å². The first-order chi connectivity index (χ1) is 9.09. The van der Waals surface area contributed by atoms with Gasteiger partial charge in [0, 0.05) is 18.1 Å². The second-order valence-corrected chi connectivity index (χ2v) is 4.81. The number of carbonyl (C=O) groups is 1. The topological polar surface area (TPSA) is 68.0 Å². The minimum atomic E-state index is -0.460. The van der Waals surface area contributed by atoms with Gasteiger partial charge in [-0.1, -0.05) is 36.5 Å². The van der Waals surface area contributed by atoms with Gasteiger partial charge in [-0.05, 0) is 18.6 Å². The molecule has 2 rings (SSSR count). The van der Waals surface area contributed by atoms with E-state index in [1.165, 1.54) is 0 Å². The summed E-state index contributed by atoms with van der Waals surface area (Å²) in [6.45, 7) is 2.11. The van der Waals surface area contributed by atoms with Gasteiger partial charge in [0.05, 0.1) is 16.4 Å². The first-order valence-electron chi connectivity index (χ1n) is 5.99. The fourth-order valence-electron chi connectivity index (χ4n) is 1.77. The maximum atomic E-state index is 11.8. The zero-order valence-electron chi connectivity index (χ0n) is 10.6. The van der Waals surface area contributed by atoms with E-state index in [1.807, 2.05) is 30.3 Å². The number of nitrogens with zero attached hydrogens (tertiary/aromatic N) is 1. The van der Waals surface area contributed by atoms with Gasteiger partial charge in [-0.25, -0.2) is 0 Å². The van der Waals surface area contributed by atoms with Crippen molar-refractivity contribution in [2.45, 2.75) is 13.5 Å². The van der Waals surface area contributed by atoms with Crippen molar-refractivity contribution in [1.82, 2.24) is 10.3 Å². The Balaban J connectivity index is 2.14. The lowest BCUT2D eigenvalue weighted by Crippen LogP contribution is -2.35. The molecule has 0 radical (unpaired) electrons. The number of pyridine rings is 1. The van der Waals surface area contributed by atoms with E-state index in [0.717, 1.165) is 16.5 Å². The molecule has 0 aliphatic heterocycles. The molecule has 0 saturated carbocycles. The summed E-state index contributed by atoms with van der Waals surface area (Å²) in [6, 6.07) is 9.76. The fraction of sp³-hybridized carbons (Fsp3) is 0.214. The summed E-state index contributed by atoms with van der Waals surface area (Å²) in [4.78, 5) is 16.3. The number of fused-ring (bicyclic) bond motifs is 1. The van der Waals surface area contributed by atoms with E-state index >= 15 is 0 Å². The lowest BCUT2D eigenvalue weighted by Gasteiger charge is -2.11. The van der Waals surface area contributed by atoms with Crippen LogP contribution in [0.1, 0.15) is 12.5 Å². The zero-order chi connectivity index (χ0) is 13.8. The molecule has 0 spiro atoms. The van der Waals surface area contributed by atoms with E-state index in [1.54, 1.807) is 13.1 Å². The number of hydrogen-bond donors (Lipinski definition) is 2. The Morgan fingerprint density at radius 1 is 1.42 bits per heavy atom. The van der Waals surface area contributed by atoms with Crippen molar-refractivity contribution in [3.63, 3.8) is 0 Å². The molecule has 1 aromatic carbocycles. The number of carbonyl (C=O) groups excluding carboxylic acids is 1. The van der Waals surface area contributed by atoms with Crippen LogP contribution in [0, 0.1) is 5.92 Å². The van der Waals surface area contributed by atoms with Crippen LogP contribution in [0.5, 0.6) is 0 Å². The van der Waals surface area contributed by atoms with E-state index in [2.05, 4.69) is 10.3 Å². The van der Waals surface area contributed by atoms with Crippen molar-refractivity contribution in [3.8, 4) is 0 Å². The monoisotopic (exact) mass is 273 g/mol. The smallest absolute Gasteiger partial charge is 0.229 e. The quantitative estimate of drug-likeness (QED) is 0.833. The van der Waals surface area contributed by atoms with Crippen molar-refractivity contribution >= 4 is 34.0 Å². The number of aromatic nitrogens is 1. The third-order valence-electron chi connectivity index (χ3n) is 2.99. The Morgan fingerprint density at radius 2 is 2.16 bits per heavy atom. The maximum absolute atomic E-state index is 11.8. The first-order valence-corrected chi connectivity index (χ1v) is 6.40. The lowest BCUT2D eigenvalue weighted by molar-refractivity contribution is -0.122. The number of amides is 1. The molecule has 0 aliphatic rings. The molecule has 4 nitrogen and oxygen atoms in total. The molecule has 1 heterocycles. The van der Waals surface area contributed by atoms with E-state index in [4.69, 9.17) is 18.0 Å². The third-order valence-corrected chi connectivity index (χ3v) is 3.34. The predicted molar refractivity (Wildman–Crippen MR) is 79.5 cm³/mol. The molecule has 3 N–H and O–H groups in total. The molecule has 1 unspecified atom stereocenters. The number of nitrogens with two attached hydrogens (primary N) is 1. The van der Waals surface area contributed by atoms with Crippen LogP contribution in [0.3, 0.4) is 0 Å². The van der Waals surface area contributed by atoms with Crippen LogP contribution < -0.4 is 11.1 Å². The highest BCUT2D eigenvalue weighted by atomic mass is 32.1. The normalized spacial score (nSPS) is 12.1. The average molecular weight is 273 g/mol. The van der Waals surface area contributed by atoms with E-state index in [9.17, 15) is 4.79 Å².